The maximum Gasteiger partial charge on any atom is 0.159 e. The fourth-order valence-electron chi connectivity index (χ4n) is 2.38. The predicted octanol–water partition coefficient (Wildman–Crippen LogP) is 6.80. The van der Waals surface area contributed by atoms with Crippen LogP contribution in [0.1, 0.15) is 48.5 Å². The SMILES string of the molecule is CC(=O)c1ccc(N=Nc2ccc(CCCCCCBr)cc2)cc1. The maximum absolute atomic E-state index is 11.2. The molecule has 0 saturated heterocycles. The van der Waals surface area contributed by atoms with Gasteiger partial charge in [-0.3, -0.25) is 4.79 Å². The highest BCUT2D eigenvalue weighted by Gasteiger charge is 1.98. The van der Waals surface area contributed by atoms with Gasteiger partial charge in [0.25, 0.3) is 0 Å². The summed E-state index contributed by atoms with van der Waals surface area (Å²) in [5, 5.41) is 9.56. The highest BCUT2D eigenvalue weighted by Crippen LogP contribution is 2.20. The number of hydrogen-bond acceptors (Lipinski definition) is 3. The van der Waals surface area contributed by atoms with Crippen LogP contribution in [0.5, 0.6) is 0 Å². The van der Waals surface area contributed by atoms with Crippen molar-refractivity contribution in [3.8, 4) is 0 Å². The molecule has 3 nitrogen and oxygen atoms in total. The third-order valence-electron chi connectivity index (χ3n) is 3.84. The molecule has 0 aromatic heterocycles. The molecule has 2 aromatic carbocycles. The monoisotopic (exact) mass is 386 g/mol. The van der Waals surface area contributed by atoms with E-state index in [4.69, 9.17) is 0 Å². The molecule has 0 amide bonds. The van der Waals surface area contributed by atoms with Gasteiger partial charge in [0, 0.05) is 10.9 Å². The summed E-state index contributed by atoms with van der Waals surface area (Å²) in [6.07, 6.45) is 6.18. The number of carbonyl (C=O) groups excluding carboxylic acids is 1. The molecule has 0 spiro atoms. The summed E-state index contributed by atoms with van der Waals surface area (Å²) in [6, 6.07) is 15.4. The summed E-state index contributed by atoms with van der Waals surface area (Å²) in [4.78, 5) is 11.2. The summed E-state index contributed by atoms with van der Waals surface area (Å²) in [6.45, 7) is 1.56. The van der Waals surface area contributed by atoms with E-state index in [-0.39, 0.29) is 5.78 Å². The highest BCUT2D eigenvalue weighted by molar-refractivity contribution is 9.09. The van der Waals surface area contributed by atoms with Gasteiger partial charge in [-0.15, -0.1) is 0 Å². The van der Waals surface area contributed by atoms with Crippen molar-refractivity contribution in [3.63, 3.8) is 0 Å². The Morgan fingerprint density at radius 1 is 0.833 bits per heavy atom. The molecule has 0 radical (unpaired) electrons. The van der Waals surface area contributed by atoms with E-state index < -0.39 is 0 Å². The van der Waals surface area contributed by atoms with Crippen LogP contribution in [0.15, 0.2) is 58.8 Å². The van der Waals surface area contributed by atoms with Crippen LogP contribution in [-0.2, 0) is 6.42 Å². The Bertz CT molecular complexity index is 663. The van der Waals surface area contributed by atoms with E-state index in [1.54, 1.807) is 19.1 Å². The minimum Gasteiger partial charge on any atom is -0.295 e. The third-order valence-corrected chi connectivity index (χ3v) is 4.40. The standard InChI is InChI=1S/C20H23BrN2O/c1-16(24)18-9-13-20(14-10-18)23-22-19-11-7-17(8-12-19)6-4-2-3-5-15-21/h7-14H,2-6,15H2,1H3. The van der Waals surface area contributed by atoms with Crippen molar-refractivity contribution in [2.45, 2.75) is 39.0 Å². The van der Waals surface area contributed by atoms with Crippen molar-refractivity contribution in [1.29, 1.82) is 0 Å². The lowest BCUT2D eigenvalue weighted by Gasteiger charge is -2.02. The molecule has 0 saturated carbocycles. The molecule has 0 aliphatic heterocycles. The number of ketones is 1. The number of rotatable bonds is 9. The molecule has 2 rings (SSSR count). The number of halogens is 1. The van der Waals surface area contributed by atoms with Gasteiger partial charge in [0.1, 0.15) is 0 Å². The predicted molar refractivity (Wildman–Crippen MR) is 103 cm³/mol. The van der Waals surface area contributed by atoms with Crippen LogP contribution in [0.25, 0.3) is 0 Å². The van der Waals surface area contributed by atoms with Gasteiger partial charge in [0.2, 0.25) is 0 Å². The normalized spacial score (nSPS) is 11.1. The van der Waals surface area contributed by atoms with Crippen LogP contribution in [0.3, 0.4) is 0 Å². The average Bonchev–Trinajstić information content (AvgIpc) is 2.61. The molecule has 2 aromatic rings. The second kappa shape index (κ2) is 10.1. The second-order valence-corrected chi connectivity index (χ2v) is 6.62. The zero-order valence-electron chi connectivity index (χ0n) is 14.0. The molecule has 0 aliphatic rings. The topological polar surface area (TPSA) is 41.8 Å². The van der Waals surface area contributed by atoms with Crippen LogP contribution in [0.2, 0.25) is 0 Å². The lowest BCUT2D eigenvalue weighted by molar-refractivity contribution is 0.101. The van der Waals surface area contributed by atoms with E-state index in [2.05, 4.69) is 38.3 Å². The van der Waals surface area contributed by atoms with Crippen LogP contribution in [0.4, 0.5) is 11.4 Å². The minimum atomic E-state index is 0.0567. The Balaban J connectivity index is 1.85. The Morgan fingerprint density at radius 3 is 1.92 bits per heavy atom. The van der Waals surface area contributed by atoms with Gasteiger partial charge in [0.15, 0.2) is 5.78 Å². The lowest BCUT2D eigenvalue weighted by atomic mass is 10.1. The lowest BCUT2D eigenvalue weighted by Crippen LogP contribution is -1.89. The minimum absolute atomic E-state index is 0.0567. The van der Waals surface area contributed by atoms with Crippen LogP contribution in [0, 0.1) is 0 Å². The van der Waals surface area contributed by atoms with Crippen molar-refractivity contribution in [2.75, 3.05) is 5.33 Å². The first-order valence-corrected chi connectivity index (χ1v) is 9.49. The van der Waals surface area contributed by atoms with Crippen molar-refractivity contribution in [2.24, 2.45) is 10.2 Å². The maximum atomic E-state index is 11.2. The van der Waals surface area contributed by atoms with Crippen molar-refractivity contribution >= 4 is 33.1 Å². The van der Waals surface area contributed by atoms with E-state index in [0.29, 0.717) is 5.56 Å². The van der Waals surface area contributed by atoms with Crippen LogP contribution < -0.4 is 0 Å². The van der Waals surface area contributed by atoms with Gasteiger partial charge in [-0.2, -0.15) is 10.2 Å². The van der Waals surface area contributed by atoms with E-state index in [1.807, 2.05) is 24.3 Å². The summed E-state index contributed by atoms with van der Waals surface area (Å²) in [5.41, 5.74) is 3.62. The molecule has 0 N–H and O–H groups in total. The molecule has 0 bridgehead atoms. The Kier molecular flexibility index (Phi) is 7.83. The van der Waals surface area contributed by atoms with Gasteiger partial charge in [-0.05, 0) is 68.1 Å². The number of hydrogen-bond donors (Lipinski definition) is 0. The Labute approximate surface area is 152 Å². The summed E-state index contributed by atoms with van der Waals surface area (Å²) < 4.78 is 0. The number of aryl methyl sites for hydroxylation is 1. The Hall–Kier alpha value is -1.81. The molecule has 0 heterocycles. The van der Waals surface area contributed by atoms with E-state index in [9.17, 15) is 4.79 Å². The van der Waals surface area contributed by atoms with Gasteiger partial charge in [-0.1, -0.05) is 40.9 Å². The van der Waals surface area contributed by atoms with Gasteiger partial charge in [-0.25, -0.2) is 0 Å². The number of azo groups is 1. The number of Topliss-reactive ketones (excluding diaryl/α,β-unsaturated/α-hetero) is 1. The van der Waals surface area contributed by atoms with Gasteiger partial charge < -0.3 is 0 Å². The van der Waals surface area contributed by atoms with Crippen LogP contribution in [-0.4, -0.2) is 11.1 Å². The number of carbonyl (C=O) groups is 1. The van der Waals surface area contributed by atoms with Crippen molar-refractivity contribution in [3.05, 3.63) is 59.7 Å². The van der Waals surface area contributed by atoms with Crippen molar-refractivity contribution < 1.29 is 4.79 Å². The molecule has 24 heavy (non-hydrogen) atoms. The third kappa shape index (κ3) is 6.36. The Morgan fingerprint density at radius 2 is 1.38 bits per heavy atom. The molecule has 0 atom stereocenters. The zero-order valence-corrected chi connectivity index (χ0v) is 15.6. The molecular formula is C20H23BrN2O. The van der Waals surface area contributed by atoms with E-state index in [1.165, 1.54) is 31.2 Å². The molecule has 0 aliphatic carbocycles. The molecule has 0 fully saturated rings. The largest absolute Gasteiger partial charge is 0.295 e. The quantitative estimate of drug-likeness (QED) is 0.202. The molecule has 126 valence electrons. The van der Waals surface area contributed by atoms with Gasteiger partial charge in [0.05, 0.1) is 11.4 Å². The fourth-order valence-corrected chi connectivity index (χ4v) is 2.78. The molecular weight excluding hydrogens is 364 g/mol. The summed E-state index contributed by atoms with van der Waals surface area (Å²) in [5.74, 6) is 0.0567. The first-order valence-electron chi connectivity index (χ1n) is 8.36. The zero-order chi connectivity index (χ0) is 17.2. The smallest absolute Gasteiger partial charge is 0.159 e. The first kappa shape index (κ1) is 18.5. The van der Waals surface area contributed by atoms with E-state index >= 15 is 0 Å². The number of benzene rings is 2. The highest BCUT2D eigenvalue weighted by atomic mass is 79.9. The number of nitrogens with zero attached hydrogens (tertiary/aromatic N) is 2. The van der Waals surface area contributed by atoms with E-state index in [0.717, 1.165) is 23.1 Å². The van der Waals surface area contributed by atoms with Crippen LogP contribution >= 0.6 is 15.9 Å². The van der Waals surface area contributed by atoms with Crippen molar-refractivity contribution in [1.82, 2.24) is 0 Å². The number of unbranched alkanes of at least 4 members (excludes halogenated alkanes) is 3. The number of alkyl halides is 1. The van der Waals surface area contributed by atoms with Gasteiger partial charge >= 0.3 is 0 Å². The molecule has 0 unspecified atom stereocenters. The summed E-state index contributed by atoms with van der Waals surface area (Å²) >= 11 is 3.46. The fraction of sp³-hybridized carbons (Fsp3) is 0.350. The second-order valence-electron chi connectivity index (χ2n) is 5.82. The summed E-state index contributed by atoms with van der Waals surface area (Å²) in [7, 11) is 0. The molecule has 4 heteroatoms. The average molecular weight is 387 g/mol. The first-order chi connectivity index (χ1) is 11.7.